The van der Waals surface area contributed by atoms with Crippen LogP contribution in [0.2, 0.25) is 0 Å². The van der Waals surface area contributed by atoms with E-state index in [9.17, 15) is 0 Å². The van der Waals surface area contributed by atoms with Crippen molar-refractivity contribution in [3.8, 4) is 0 Å². The lowest BCUT2D eigenvalue weighted by Crippen LogP contribution is -2.03. The van der Waals surface area contributed by atoms with E-state index in [1.54, 1.807) is 6.20 Å². The third-order valence-corrected chi connectivity index (χ3v) is 2.08. The van der Waals surface area contributed by atoms with E-state index < -0.39 is 0 Å². The normalized spacial score (nSPS) is 10.2. The minimum absolute atomic E-state index is 0.715. The maximum absolute atomic E-state index is 4.30. The predicted octanol–water partition coefficient (Wildman–Crippen LogP) is 1.76. The molecule has 4 heteroatoms. The number of nitrogens with one attached hydrogen (secondary N) is 1. The molecule has 0 aliphatic heterocycles. The molecule has 0 spiro atoms. The zero-order chi connectivity index (χ0) is 10.5. The Balaban J connectivity index is 2.11. The molecule has 2 rings (SSSR count). The third-order valence-electron chi connectivity index (χ3n) is 2.08. The fourth-order valence-corrected chi connectivity index (χ4v) is 1.44. The zero-order valence-electron chi connectivity index (χ0n) is 8.72. The summed E-state index contributed by atoms with van der Waals surface area (Å²) < 4.78 is 1.86. The summed E-state index contributed by atoms with van der Waals surface area (Å²) in [6.07, 6.45) is 5.52. The van der Waals surface area contributed by atoms with Gasteiger partial charge in [0, 0.05) is 30.8 Å². The first-order chi connectivity index (χ1) is 7.38. The van der Waals surface area contributed by atoms with Crippen molar-refractivity contribution in [2.75, 3.05) is 11.9 Å². The molecule has 0 bridgehead atoms. The topological polar surface area (TPSA) is 42.7 Å². The molecule has 0 saturated carbocycles. The fourth-order valence-electron chi connectivity index (χ4n) is 1.44. The van der Waals surface area contributed by atoms with Crippen LogP contribution in [-0.4, -0.2) is 21.3 Å². The highest BCUT2D eigenvalue weighted by atomic mass is 15.3. The SMILES string of the molecule is CCNc1ccnc(Cn2cccn2)c1. The number of hydrogen-bond acceptors (Lipinski definition) is 3. The van der Waals surface area contributed by atoms with Crippen LogP contribution in [0.15, 0.2) is 36.8 Å². The van der Waals surface area contributed by atoms with E-state index in [1.165, 1.54) is 0 Å². The van der Waals surface area contributed by atoms with Crippen LogP contribution >= 0.6 is 0 Å². The monoisotopic (exact) mass is 202 g/mol. The van der Waals surface area contributed by atoms with Gasteiger partial charge in [-0.15, -0.1) is 0 Å². The van der Waals surface area contributed by atoms with Crippen molar-refractivity contribution in [3.05, 3.63) is 42.5 Å². The molecule has 2 aromatic heterocycles. The van der Waals surface area contributed by atoms with E-state index in [0.29, 0.717) is 6.54 Å². The molecular formula is C11H14N4. The number of nitrogens with zero attached hydrogens (tertiary/aromatic N) is 3. The molecule has 4 nitrogen and oxygen atoms in total. The lowest BCUT2D eigenvalue weighted by Gasteiger charge is -2.05. The van der Waals surface area contributed by atoms with Gasteiger partial charge in [0.15, 0.2) is 0 Å². The number of hydrogen-bond donors (Lipinski definition) is 1. The average Bonchev–Trinajstić information content (AvgIpc) is 2.71. The Bertz CT molecular complexity index is 408. The van der Waals surface area contributed by atoms with E-state index in [1.807, 2.05) is 35.3 Å². The molecule has 0 aliphatic carbocycles. The van der Waals surface area contributed by atoms with Gasteiger partial charge >= 0.3 is 0 Å². The van der Waals surface area contributed by atoms with Crippen molar-refractivity contribution in [2.45, 2.75) is 13.5 Å². The van der Waals surface area contributed by atoms with Gasteiger partial charge in [-0.05, 0) is 25.1 Å². The molecule has 0 amide bonds. The second-order valence-corrected chi connectivity index (χ2v) is 3.27. The molecule has 0 aliphatic rings. The fraction of sp³-hybridized carbons (Fsp3) is 0.273. The minimum atomic E-state index is 0.715. The van der Waals surface area contributed by atoms with Crippen LogP contribution in [0.1, 0.15) is 12.6 Å². The van der Waals surface area contributed by atoms with Gasteiger partial charge in [0.1, 0.15) is 0 Å². The number of pyridine rings is 1. The van der Waals surface area contributed by atoms with Crippen LogP contribution in [0, 0.1) is 0 Å². The summed E-state index contributed by atoms with van der Waals surface area (Å²) in [7, 11) is 0. The van der Waals surface area contributed by atoms with Crippen LogP contribution in [0.3, 0.4) is 0 Å². The summed E-state index contributed by atoms with van der Waals surface area (Å²) in [6, 6.07) is 5.93. The van der Waals surface area contributed by atoms with Crippen molar-refractivity contribution in [3.63, 3.8) is 0 Å². The van der Waals surface area contributed by atoms with Gasteiger partial charge < -0.3 is 5.32 Å². The van der Waals surface area contributed by atoms with Crippen LogP contribution in [0.4, 0.5) is 5.69 Å². The highest BCUT2D eigenvalue weighted by Gasteiger charge is 1.97. The number of anilines is 1. The van der Waals surface area contributed by atoms with Crippen molar-refractivity contribution < 1.29 is 0 Å². The Kier molecular flexibility index (Phi) is 2.97. The van der Waals surface area contributed by atoms with Gasteiger partial charge in [-0.3, -0.25) is 9.67 Å². The lowest BCUT2D eigenvalue weighted by atomic mass is 10.3. The second kappa shape index (κ2) is 4.59. The highest BCUT2D eigenvalue weighted by Crippen LogP contribution is 2.08. The molecule has 2 heterocycles. The molecule has 0 unspecified atom stereocenters. The summed E-state index contributed by atoms with van der Waals surface area (Å²) in [5.74, 6) is 0. The van der Waals surface area contributed by atoms with Crippen LogP contribution in [0.25, 0.3) is 0 Å². The van der Waals surface area contributed by atoms with Crippen molar-refractivity contribution in [1.29, 1.82) is 0 Å². The molecule has 0 radical (unpaired) electrons. The Hall–Kier alpha value is -1.84. The summed E-state index contributed by atoms with van der Waals surface area (Å²) in [5.41, 5.74) is 2.12. The second-order valence-electron chi connectivity index (χ2n) is 3.27. The van der Waals surface area contributed by atoms with E-state index in [-0.39, 0.29) is 0 Å². The molecule has 2 aromatic rings. The van der Waals surface area contributed by atoms with Gasteiger partial charge in [-0.25, -0.2) is 0 Å². The Morgan fingerprint density at radius 3 is 3.07 bits per heavy atom. The number of rotatable bonds is 4. The predicted molar refractivity (Wildman–Crippen MR) is 59.7 cm³/mol. The van der Waals surface area contributed by atoms with E-state index in [4.69, 9.17) is 0 Å². The van der Waals surface area contributed by atoms with Crippen LogP contribution in [0.5, 0.6) is 0 Å². The van der Waals surface area contributed by atoms with E-state index >= 15 is 0 Å². The Morgan fingerprint density at radius 2 is 2.33 bits per heavy atom. The Labute approximate surface area is 89.0 Å². The maximum Gasteiger partial charge on any atom is 0.0832 e. The molecule has 1 N–H and O–H groups in total. The molecule has 0 aromatic carbocycles. The first-order valence-corrected chi connectivity index (χ1v) is 5.04. The Morgan fingerprint density at radius 1 is 1.40 bits per heavy atom. The van der Waals surface area contributed by atoms with Gasteiger partial charge in [-0.1, -0.05) is 0 Å². The molecule has 0 fully saturated rings. The first kappa shape index (κ1) is 9.71. The van der Waals surface area contributed by atoms with E-state index in [2.05, 4.69) is 22.3 Å². The van der Waals surface area contributed by atoms with Crippen LogP contribution in [-0.2, 0) is 6.54 Å². The third kappa shape index (κ3) is 2.56. The maximum atomic E-state index is 4.30. The summed E-state index contributed by atoms with van der Waals surface area (Å²) in [6.45, 7) is 3.71. The van der Waals surface area contributed by atoms with Gasteiger partial charge in [0.25, 0.3) is 0 Å². The molecular weight excluding hydrogens is 188 g/mol. The smallest absolute Gasteiger partial charge is 0.0832 e. The van der Waals surface area contributed by atoms with Gasteiger partial charge in [-0.2, -0.15) is 5.10 Å². The minimum Gasteiger partial charge on any atom is -0.385 e. The molecule has 78 valence electrons. The van der Waals surface area contributed by atoms with Crippen LogP contribution < -0.4 is 5.32 Å². The van der Waals surface area contributed by atoms with Crippen molar-refractivity contribution in [2.24, 2.45) is 0 Å². The molecule has 0 atom stereocenters. The summed E-state index contributed by atoms with van der Waals surface area (Å²) >= 11 is 0. The average molecular weight is 202 g/mol. The largest absolute Gasteiger partial charge is 0.385 e. The van der Waals surface area contributed by atoms with E-state index in [0.717, 1.165) is 17.9 Å². The zero-order valence-corrected chi connectivity index (χ0v) is 8.72. The molecule has 15 heavy (non-hydrogen) atoms. The lowest BCUT2D eigenvalue weighted by molar-refractivity contribution is 0.673. The first-order valence-electron chi connectivity index (χ1n) is 5.04. The highest BCUT2D eigenvalue weighted by molar-refractivity contribution is 5.42. The van der Waals surface area contributed by atoms with Crippen molar-refractivity contribution >= 4 is 5.69 Å². The van der Waals surface area contributed by atoms with Gasteiger partial charge in [0.05, 0.1) is 12.2 Å². The standard InChI is InChI=1S/C11H14N4/c1-2-12-10-4-6-13-11(8-10)9-15-7-3-5-14-15/h3-8H,2,9H2,1H3,(H,12,13). The molecule has 0 saturated heterocycles. The summed E-state index contributed by atoms with van der Waals surface area (Å²) in [4.78, 5) is 4.30. The number of aromatic nitrogens is 3. The van der Waals surface area contributed by atoms with Gasteiger partial charge in [0.2, 0.25) is 0 Å². The quantitative estimate of drug-likeness (QED) is 0.821. The summed E-state index contributed by atoms with van der Waals surface area (Å²) in [5, 5.41) is 7.40. The van der Waals surface area contributed by atoms with Crippen molar-refractivity contribution in [1.82, 2.24) is 14.8 Å².